The average molecular weight is 339 g/mol. The van der Waals surface area contributed by atoms with Gasteiger partial charge in [-0.3, -0.25) is 10.1 Å². The van der Waals surface area contributed by atoms with Crippen LogP contribution in [-0.2, 0) is 4.79 Å². The molecule has 2 heterocycles. The third-order valence-corrected chi connectivity index (χ3v) is 4.48. The van der Waals surface area contributed by atoms with Gasteiger partial charge in [-0.25, -0.2) is 0 Å². The number of nitriles is 1. The number of aromatic nitrogens is 2. The van der Waals surface area contributed by atoms with Gasteiger partial charge in [-0.1, -0.05) is 23.5 Å². The first kappa shape index (κ1) is 16.1. The summed E-state index contributed by atoms with van der Waals surface area (Å²) in [5.74, 6) is -0.477. The van der Waals surface area contributed by atoms with Crippen molar-refractivity contribution in [2.45, 2.75) is 19.3 Å². The summed E-state index contributed by atoms with van der Waals surface area (Å²) in [6.45, 7) is 2.17. The van der Waals surface area contributed by atoms with Gasteiger partial charge in [-0.15, -0.1) is 10.2 Å². The number of hydrogen-bond acceptors (Lipinski definition) is 6. The number of anilines is 2. The zero-order valence-corrected chi connectivity index (χ0v) is 13.9. The highest BCUT2D eigenvalue weighted by molar-refractivity contribution is 7.13. The summed E-state index contributed by atoms with van der Waals surface area (Å²) < 4.78 is 0. The van der Waals surface area contributed by atoms with E-state index >= 15 is 0 Å². The van der Waals surface area contributed by atoms with Crippen LogP contribution in [0.1, 0.15) is 24.8 Å². The second-order valence-electron chi connectivity index (χ2n) is 5.51. The lowest BCUT2D eigenvalue weighted by molar-refractivity contribution is -0.112. The summed E-state index contributed by atoms with van der Waals surface area (Å²) in [5, 5.41) is 19.5. The second-order valence-corrected chi connectivity index (χ2v) is 6.34. The highest BCUT2D eigenvalue weighted by Crippen LogP contribution is 2.21. The molecule has 0 atom stereocenters. The van der Waals surface area contributed by atoms with E-state index in [4.69, 9.17) is 0 Å². The number of amides is 1. The fraction of sp³-hybridized carbons (Fsp3) is 0.294. The van der Waals surface area contributed by atoms with Crippen molar-refractivity contribution >= 4 is 34.1 Å². The van der Waals surface area contributed by atoms with Crippen LogP contribution in [0.4, 0.5) is 10.8 Å². The molecule has 0 unspecified atom stereocenters. The van der Waals surface area contributed by atoms with E-state index < -0.39 is 5.91 Å². The molecule has 3 rings (SSSR count). The Morgan fingerprint density at radius 2 is 2.00 bits per heavy atom. The van der Waals surface area contributed by atoms with E-state index in [2.05, 4.69) is 20.4 Å². The lowest BCUT2D eigenvalue weighted by atomic mass is 10.1. The van der Waals surface area contributed by atoms with E-state index in [1.807, 2.05) is 30.3 Å². The molecule has 0 bridgehead atoms. The van der Waals surface area contributed by atoms with Crippen LogP contribution in [0.2, 0.25) is 0 Å². The van der Waals surface area contributed by atoms with Gasteiger partial charge in [0.05, 0.1) is 0 Å². The zero-order valence-electron chi connectivity index (χ0n) is 13.1. The van der Waals surface area contributed by atoms with Gasteiger partial charge in [0.25, 0.3) is 5.91 Å². The lowest BCUT2D eigenvalue weighted by Crippen LogP contribution is -2.29. The fourth-order valence-electron chi connectivity index (χ4n) is 2.64. The largest absolute Gasteiger partial charge is 0.372 e. The summed E-state index contributed by atoms with van der Waals surface area (Å²) in [6, 6.07) is 9.87. The molecule has 0 aliphatic carbocycles. The molecule has 6 nitrogen and oxygen atoms in total. The van der Waals surface area contributed by atoms with Crippen molar-refractivity contribution in [3.63, 3.8) is 0 Å². The van der Waals surface area contributed by atoms with Crippen molar-refractivity contribution in [1.82, 2.24) is 10.2 Å². The molecule has 1 N–H and O–H groups in total. The maximum absolute atomic E-state index is 12.1. The lowest BCUT2D eigenvalue weighted by Gasteiger charge is -2.28. The van der Waals surface area contributed by atoms with Gasteiger partial charge < -0.3 is 4.90 Å². The molecule has 1 aromatic heterocycles. The monoisotopic (exact) mass is 339 g/mol. The normalized spacial score (nSPS) is 15.0. The quantitative estimate of drug-likeness (QED) is 0.684. The second kappa shape index (κ2) is 7.70. The number of hydrogen-bond donors (Lipinski definition) is 1. The van der Waals surface area contributed by atoms with Crippen LogP contribution >= 0.6 is 11.3 Å². The minimum atomic E-state index is -0.477. The van der Waals surface area contributed by atoms with Crippen LogP contribution in [0, 0.1) is 11.3 Å². The van der Waals surface area contributed by atoms with Crippen LogP contribution in [0.5, 0.6) is 0 Å². The van der Waals surface area contributed by atoms with E-state index in [0.29, 0.717) is 5.13 Å². The van der Waals surface area contributed by atoms with Crippen LogP contribution in [0.25, 0.3) is 6.08 Å². The SMILES string of the molecule is N#C/C(=C\c1ccc(N2CCCCC2)cc1)C(=O)Nc1nncs1. The molecule has 122 valence electrons. The smallest absolute Gasteiger partial charge is 0.268 e. The minimum Gasteiger partial charge on any atom is -0.372 e. The molecule has 1 aliphatic rings. The summed E-state index contributed by atoms with van der Waals surface area (Å²) in [5.41, 5.74) is 3.56. The standard InChI is InChI=1S/C17H17N5OS/c18-11-14(16(23)20-17-21-19-12-24-17)10-13-4-6-15(7-5-13)22-8-2-1-3-9-22/h4-7,10,12H,1-3,8-9H2,(H,20,21,23)/b14-10+. The van der Waals surface area contributed by atoms with Gasteiger partial charge in [-0.2, -0.15) is 5.26 Å². The molecule has 1 fully saturated rings. The minimum absolute atomic E-state index is 0.0379. The number of carbonyl (C=O) groups is 1. The van der Waals surface area contributed by atoms with Gasteiger partial charge in [0, 0.05) is 18.8 Å². The van der Waals surface area contributed by atoms with Crippen LogP contribution in [-0.4, -0.2) is 29.2 Å². The Morgan fingerprint density at radius 3 is 2.62 bits per heavy atom. The van der Waals surface area contributed by atoms with Crippen molar-refractivity contribution < 1.29 is 4.79 Å². The molecule has 0 saturated carbocycles. The Kier molecular flexibility index (Phi) is 5.18. The summed E-state index contributed by atoms with van der Waals surface area (Å²) in [7, 11) is 0. The Labute approximate surface area is 144 Å². The molecule has 1 saturated heterocycles. The predicted octanol–water partition coefficient (Wildman–Crippen LogP) is 3.07. The number of benzene rings is 1. The maximum Gasteiger partial charge on any atom is 0.268 e. The van der Waals surface area contributed by atoms with E-state index in [9.17, 15) is 10.1 Å². The number of nitrogens with zero attached hydrogens (tertiary/aromatic N) is 4. The van der Waals surface area contributed by atoms with Crippen molar-refractivity contribution in [1.29, 1.82) is 5.26 Å². The van der Waals surface area contributed by atoms with Crippen LogP contribution < -0.4 is 10.2 Å². The molecule has 1 aliphatic heterocycles. The van der Waals surface area contributed by atoms with Crippen molar-refractivity contribution in [2.24, 2.45) is 0 Å². The zero-order chi connectivity index (χ0) is 16.8. The highest BCUT2D eigenvalue weighted by Gasteiger charge is 2.12. The molecule has 7 heteroatoms. The first-order valence-corrected chi connectivity index (χ1v) is 8.68. The first-order valence-electron chi connectivity index (χ1n) is 7.80. The molecule has 2 aromatic rings. The number of nitrogens with one attached hydrogen (secondary N) is 1. The molecular weight excluding hydrogens is 322 g/mol. The molecular formula is C17H17N5OS. The van der Waals surface area contributed by atoms with Gasteiger partial charge >= 0.3 is 0 Å². The Bertz CT molecular complexity index is 755. The van der Waals surface area contributed by atoms with E-state index in [1.54, 1.807) is 6.08 Å². The summed E-state index contributed by atoms with van der Waals surface area (Å²) in [6.07, 6.45) is 5.33. The Balaban J connectivity index is 1.71. The molecule has 1 aromatic carbocycles. The highest BCUT2D eigenvalue weighted by atomic mass is 32.1. The first-order chi connectivity index (χ1) is 11.8. The van der Waals surface area contributed by atoms with Crippen molar-refractivity contribution in [3.05, 3.63) is 40.9 Å². The number of rotatable bonds is 4. The van der Waals surface area contributed by atoms with Crippen molar-refractivity contribution in [3.8, 4) is 6.07 Å². The molecule has 0 spiro atoms. The van der Waals surface area contributed by atoms with Gasteiger partial charge in [0.15, 0.2) is 0 Å². The van der Waals surface area contributed by atoms with Crippen LogP contribution in [0.3, 0.4) is 0 Å². The molecule has 1 amide bonds. The van der Waals surface area contributed by atoms with Crippen molar-refractivity contribution in [2.75, 3.05) is 23.3 Å². The molecule has 0 radical (unpaired) electrons. The average Bonchev–Trinajstić information content (AvgIpc) is 3.14. The van der Waals surface area contributed by atoms with Gasteiger partial charge in [0.2, 0.25) is 5.13 Å². The Morgan fingerprint density at radius 1 is 1.25 bits per heavy atom. The predicted molar refractivity (Wildman–Crippen MR) is 94.6 cm³/mol. The third-order valence-electron chi connectivity index (χ3n) is 3.87. The van der Waals surface area contributed by atoms with E-state index in [-0.39, 0.29) is 5.57 Å². The summed E-state index contributed by atoms with van der Waals surface area (Å²) >= 11 is 1.21. The molecule has 24 heavy (non-hydrogen) atoms. The number of carbonyl (C=O) groups excluding carboxylic acids is 1. The van der Waals surface area contributed by atoms with Gasteiger partial charge in [0.1, 0.15) is 17.2 Å². The number of piperidine rings is 1. The van der Waals surface area contributed by atoms with E-state index in [1.165, 1.54) is 41.8 Å². The van der Waals surface area contributed by atoms with E-state index in [0.717, 1.165) is 18.7 Å². The fourth-order valence-corrected chi connectivity index (χ4v) is 3.08. The Hall–Kier alpha value is -2.72. The van der Waals surface area contributed by atoms with Crippen LogP contribution in [0.15, 0.2) is 35.3 Å². The third kappa shape index (κ3) is 3.97. The topological polar surface area (TPSA) is 81.9 Å². The maximum atomic E-state index is 12.1. The van der Waals surface area contributed by atoms with Gasteiger partial charge in [-0.05, 0) is 43.0 Å². The summed E-state index contributed by atoms with van der Waals surface area (Å²) in [4.78, 5) is 14.5.